The Kier molecular flexibility index (Phi) is 4.08. The third kappa shape index (κ3) is 3.44. The fourth-order valence-corrected chi connectivity index (χ4v) is 10.2. The SMILES string of the molecule is C[Si](C)(C)O[Si](C)(c1ccccc1)c1ccccc1. The Morgan fingerprint density at radius 3 is 1.32 bits per heavy atom. The lowest BCUT2D eigenvalue weighted by Gasteiger charge is -2.35. The van der Waals surface area contributed by atoms with Gasteiger partial charge in [-0.15, -0.1) is 0 Å². The largest absolute Gasteiger partial charge is 0.449 e. The monoisotopic (exact) mass is 286 g/mol. The van der Waals surface area contributed by atoms with E-state index < -0.39 is 16.6 Å². The van der Waals surface area contributed by atoms with E-state index >= 15 is 0 Å². The minimum Gasteiger partial charge on any atom is -0.449 e. The topological polar surface area (TPSA) is 9.23 Å². The maximum absolute atomic E-state index is 6.68. The average molecular weight is 287 g/mol. The van der Waals surface area contributed by atoms with Crippen molar-refractivity contribution in [1.29, 1.82) is 0 Å². The van der Waals surface area contributed by atoms with Crippen molar-refractivity contribution in [1.82, 2.24) is 0 Å². The van der Waals surface area contributed by atoms with Crippen molar-refractivity contribution in [2.45, 2.75) is 26.2 Å². The highest BCUT2D eigenvalue weighted by Gasteiger charge is 2.37. The van der Waals surface area contributed by atoms with E-state index in [1.165, 1.54) is 10.4 Å². The summed E-state index contributed by atoms with van der Waals surface area (Å²) in [5.41, 5.74) is 0. The van der Waals surface area contributed by atoms with Gasteiger partial charge in [0.05, 0.1) is 0 Å². The van der Waals surface area contributed by atoms with Crippen LogP contribution in [0.3, 0.4) is 0 Å². The zero-order valence-electron chi connectivity index (χ0n) is 12.2. The highest BCUT2D eigenvalue weighted by molar-refractivity contribution is 7.01. The predicted molar refractivity (Wildman–Crippen MR) is 88.2 cm³/mol. The number of hydrogen-bond donors (Lipinski definition) is 0. The van der Waals surface area contributed by atoms with Gasteiger partial charge in [0.25, 0.3) is 0 Å². The van der Waals surface area contributed by atoms with E-state index in [0.717, 1.165) is 0 Å². The first-order chi connectivity index (χ1) is 8.92. The van der Waals surface area contributed by atoms with E-state index in [0.29, 0.717) is 0 Å². The fraction of sp³-hybridized carbons (Fsp3) is 0.250. The van der Waals surface area contributed by atoms with Crippen molar-refractivity contribution in [3.8, 4) is 0 Å². The Morgan fingerprint density at radius 2 is 1.00 bits per heavy atom. The minimum atomic E-state index is -2.08. The Hall–Kier alpha value is -1.17. The van der Waals surface area contributed by atoms with Gasteiger partial charge in [-0.1, -0.05) is 60.7 Å². The highest BCUT2D eigenvalue weighted by Crippen LogP contribution is 2.15. The van der Waals surface area contributed by atoms with E-state index in [1.807, 2.05) is 0 Å². The maximum atomic E-state index is 6.68. The van der Waals surface area contributed by atoms with Crippen LogP contribution in [-0.4, -0.2) is 16.6 Å². The first-order valence-corrected chi connectivity index (χ1v) is 12.5. The second kappa shape index (κ2) is 5.45. The predicted octanol–water partition coefficient (Wildman–Crippen LogP) is 3.23. The molecule has 0 amide bonds. The molecule has 0 heterocycles. The summed E-state index contributed by atoms with van der Waals surface area (Å²) in [6.07, 6.45) is 0. The van der Waals surface area contributed by atoms with Crippen LogP contribution in [0.4, 0.5) is 0 Å². The molecule has 0 aliphatic carbocycles. The molecule has 0 bridgehead atoms. The lowest BCUT2D eigenvalue weighted by molar-refractivity contribution is 0.573. The second-order valence-electron chi connectivity index (χ2n) is 5.98. The lowest BCUT2D eigenvalue weighted by Crippen LogP contribution is -2.62. The standard InChI is InChI=1S/C16H22OSi2/c1-18(2,3)17-19(4,15-11-7-5-8-12-15)16-13-9-6-10-14-16/h5-14H,1-4H3. The van der Waals surface area contributed by atoms with E-state index in [2.05, 4.69) is 86.9 Å². The van der Waals surface area contributed by atoms with Gasteiger partial charge in [0.1, 0.15) is 0 Å². The van der Waals surface area contributed by atoms with Gasteiger partial charge in [-0.25, -0.2) is 0 Å². The zero-order chi connectivity index (χ0) is 13.9. The van der Waals surface area contributed by atoms with E-state index in [1.54, 1.807) is 0 Å². The summed E-state index contributed by atoms with van der Waals surface area (Å²) in [4.78, 5) is 0. The molecule has 0 radical (unpaired) electrons. The zero-order valence-corrected chi connectivity index (χ0v) is 14.2. The smallest absolute Gasteiger partial charge is 0.241 e. The molecule has 0 aromatic heterocycles. The summed E-state index contributed by atoms with van der Waals surface area (Å²) >= 11 is 0. The molecule has 0 aliphatic rings. The van der Waals surface area contributed by atoms with Crippen molar-refractivity contribution in [3.63, 3.8) is 0 Å². The lowest BCUT2D eigenvalue weighted by atomic mass is 10.4. The van der Waals surface area contributed by atoms with Crippen molar-refractivity contribution in [2.24, 2.45) is 0 Å². The van der Waals surface area contributed by atoms with Crippen LogP contribution in [0.5, 0.6) is 0 Å². The molecule has 3 heteroatoms. The van der Waals surface area contributed by atoms with Crippen LogP contribution in [0.25, 0.3) is 0 Å². The molecule has 0 spiro atoms. The van der Waals surface area contributed by atoms with Crippen LogP contribution >= 0.6 is 0 Å². The molecule has 2 aromatic rings. The Bertz CT molecular complexity index is 478. The molecule has 0 saturated heterocycles. The summed E-state index contributed by atoms with van der Waals surface area (Å²) in [6, 6.07) is 21.4. The van der Waals surface area contributed by atoms with Crippen molar-refractivity contribution >= 4 is 27.0 Å². The molecular formula is C16H22OSi2. The molecule has 2 aromatic carbocycles. The van der Waals surface area contributed by atoms with Gasteiger partial charge in [0.15, 0.2) is 8.32 Å². The summed E-state index contributed by atoms with van der Waals surface area (Å²) in [5, 5.41) is 2.70. The summed E-state index contributed by atoms with van der Waals surface area (Å²) in [7, 11) is -3.67. The van der Waals surface area contributed by atoms with Crippen molar-refractivity contribution in [3.05, 3.63) is 60.7 Å². The Balaban J connectivity index is 2.51. The van der Waals surface area contributed by atoms with Crippen LogP contribution in [-0.2, 0) is 4.12 Å². The molecule has 1 nitrogen and oxygen atoms in total. The quantitative estimate of drug-likeness (QED) is 0.784. The van der Waals surface area contributed by atoms with Crippen LogP contribution in [0.15, 0.2) is 60.7 Å². The van der Waals surface area contributed by atoms with Gasteiger partial charge in [-0.2, -0.15) is 0 Å². The van der Waals surface area contributed by atoms with Crippen LogP contribution in [0.1, 0.15) is 0 Å². The first-order valence-electron chi connectivity index (χ1n) is 6.73. The van der Waals surface area contributed by atoms with Gasteiger partial charge >= 0.3 is 0 Å². The van der Waals surface area contributed by atoms with Gasteiger partial charge in [0, 0.05) is 0 Å². The third-order valence-electron chi connectivity index (χ3n) is 3.16. The van der Waals surface area contributed by atoms with Gasteiger partial charge in [-0.3, -0.25) is 0 Å². The van der Waals surface area contributed by atoms with Crippen LogP contribution < -0.4 is 10.4 Å². The molecule has 0 unspecified atom stereocenters. The second-order valence-corrected chi connectivity index (χ2v) is 14.2. The van der Waals surface area contributed by atoms with Gasteiger partial charge < -0.3 is 4.12 Å². The van der Waals surface area contributed by atoms with Crippen molar-refractivity contribution in [2.75, 3.05) is 0 Å². The molecule has 0 aliphatic heterocycles. The third-order valence-corrected chi connectivity index (χ3v) is 10.1. The maximum Gasteiger partial charge on any atom is 0.241 e. The van der Waals surface area contributed by atoms with Crippen LogP contribution in [0.2, 0.25) is 26.2 Å². The summed E-state index contributed by atoms with van der Waals surface area (Å²) < 4.78 is 6.68. The molecule has 0 N–H and O–H groups in total. The molecule has 100 valence electrons. The fourth-order valence-electron chi connectivity index (χ4n) is 2.41. The number of rotatable bonds is 4. The van der Waals surface area contributed by atoms with Gasteiger partial charge in [0.2, 0.25) is 8.32 Å². The normalized spacial score (nSPS) is 12.4. The Morgan fingerprint density at radius 1 is 0.632 bits per heavy atom. The number of hydrogen-bond acceptors (Lipinski definition) is 1. The molecule has 2 rings (SSSR count). The Labute approximate surface area is 118 Å². The van der Waals surface area contributed by atoms with E-state index in [-0.39, 0.29) is 0 Å². The van der Waals surface area contributed by atoms with Crippen LogP contribution in [0, 0.1) is 0 Å². The summed E-state index contributed by atoms with van der Waals surface area (Å²) in [5.74, 6) is 0. The van der Waals surface area contributed by atoms with Crippen molar-refractivity contribution < 1.29 is 4.12 Å². The highest BCUT2D eigenvalue weighted by atomic mass is 28.4. The average Bonchev–Trinajstić information content (AvgIpc) is 2.39. The molecule has 0 saturated carbocycles. The minimum absolute atomic E-state index is 1.35. The molecule has 19 heavy (non-hydrogen) atoms. The molecular weight excluding hydrogens is 264 g/mol. The summed E-state index contributed by atoms with van der Waals surface area (Å²) in [6.45, 7) is 9.12. The number of benzene rings is 2. The first kappa shape index (κ1) is 14.2. The molecule has 0 atom stereocenters. The van der Waals surface area contributed by atoms with E-state index in [4.69, 9.17) is 4.12 Å². The van der Waals surface area contributed by atoms with E-state index in [9.17, 15) is 0 Å². The van der Waals surface area contributed by atoms with Gasteiger partial charge in [-0.05, 0) is 36.6 Å². The molecule has 0 fully saturated rings.